The molecule has 1 unspecified atom stereocenters. The van der Waals surface area contributed by atoms with Crippen molar-refractivity contribution in [3.05, 3.63) is 54.1 Å². The molecule has 1 atom stereocenters. The van der Waals surface area contributed by atoms with Gasteiger partial charge in [-0.15, -0.1) is 0 Å². The third-order valence-electron chi connectivity index (χ3n) is 5.08. The molecule has 0 aliphatic carbocycles. The number of nitrogens with one attached hydrogen (secondary N) is 2. The van der Waals surface area contributed by atoms with Crippen LogP contribution in [0.15, 0.2) is 53.4 Å². The Hall–Kier alpha value is -3.15. The highest BCUT2D eigenvalue weighted by molar-refractivity contribution is 7.89. The summed E-state index contributed by atoms with van der Waals surface area (Å²) in [5, 5.41) is 4.98. The van der Waals surface area contributed by atoms with Gasteiger partial charge in [0.1, 0.15) is 17.7 Å². The molecule has 2 N–H and O–H groups in total. The summed E-state index contributed by atoms with van der Waals surface area (Å²) in [5.74, 6) is -0.483. The molecule has 2 aromatic carbocycles. The number of hydrogen-bond donors (Lipinski definition) is 2. The predicted octanol–water partition coefficient (Wildman–Crippen LogP) is 0.874. The molecule has 1 aliphatic heterocycles. The number of amides is 2. The summed E-state index contributed by atoms with van der Waals surface area (Å²) in [6, 6.07) is 13.1. The van der Waals surface area contributed by atoms with Crippen LogP contribution in [0.5, 0.6) is 11.5 Å². The molecule has 0 saturated carbocycles. The lowest BCUT2D eigenvalue weighted by atomic mass is 10.2. The number of sulfonamides is 1. The second kappa shape index (κ2) is 11.1. The molecule has 0 spiro atoms. The average Bonchev–Trinajstić information content (AvgIpc) is 2.86. The van der Waals surface area contributed by atoms with Crippen LogP contribution in [0.3, 0.4) is 0 Å². The molecule has 0 radical (unpaired) electrons. The first-order valence-corrected chi connectivity index (χ1v) is 11.8. The van der Waals surface area contributed by atoms with Crippen LogP contribution in [-0.4, -0.2) is 64.7 Å². The molecule has 10 nitrogen and oxygen atoms in total. The van der Waals surface area contributed by atoms with Gasteiger partial charge in [0.25, 0.3) is 0 Å². The van der Waals surface area contributed by atoms with E-state index < -0.39 is 28.1 Å². The molecule has 0 bridgehead atoms. The third-order valence-corrected chi connectivity index (χ3v) is 6.98. The molecular formula is C22H27N3O7S. The van der Waals surface area contributed by atoms with Crippen LogP contribution in [-0.2, 0) is 30.9 Å². The number of rotatable bonds is 8. The lowest BCUT2D eigenvalue weighted by molar-refractivity contribution is -0.140. The highest BCUT2D eigenvalue weighted by atomic mass is 32.2. The Kier molecular flexibility index (Phi) is 8.26. The van der Waals surface area contributed by atoms with Gasteiger partial charge in [-0.05, 0) is 48.4 Å². The molecule has 1 fully saturated rings. The molecule has 11 heteroatoms. The first-order chi connectivity index (χ1) is 15.8. The van der Waals surface area contributed by atoms with Crippen molar-refractivity contribution in [1.29, 1.82) is 0 Å². The molecule has 3 rings (SSSR count). The average molecular weight is 478 g/mol. The maximum absolute atomic E-state index is 13.1. The molecule has 2 amide bonds. The van der Waals surface area contributed by atoms with Crippen LogP contribution in [0, 0.1) is 0 Å². The summed E-state index contributed by atoms with van der Waals surface area (Å²) >= 11 is 0. The van der Waals surface area contributed by atoms with Crippen LogP contribution in [0.25, 0.3) is 0 Å². The third kappa shape index (κ3) is 6.21. The molecule has 2 aromatic rings. The Morgan fingerprint density at radius 1 is 0.970 bits per heavy atom. The van der Waals surface area contributed by atoms with Gasteiger partial charge >= 0.3 is 11.8 Å². The normalized spacial score (nSPS) is 16.6. The van der Waals surface area contributed by atoms with Crippen LogP contribution in [0.2, 0.25) is 0 Å². The van der Waals surface area contributed by atoms with Gasteiger partial charge < -0.3 is 24.8 Å². The Labute approximate surface area is 192 Å². The van der Waals surface area contributed by atoms with Gasteiger partial charge in [0, 0.05) is 13.1 Å². The van der Waals surface area contributed by atoms with Crippen LogP contribution < -0.4 is 20.1 Å². The predicted molar refractivity (Wildman–Crippen MR) is 119 cm³/mol. The zero-order valence-corrected chi connectivity index (χ0v) is 19.3. The van der Waals surface area contributed by atoms with Crippen molar-refractivity contribution in [3.8, 4) is 11.5 Å². The van der Waals surface area contributed by atoms with Crippen LogP contribution in [0.4, 0.5) is 0 Å². The van der Waals surface area contributed by atoms with Gasteiger partial charge in [0.2, 0.25) is 10.0 Å². The van der Waals surface area contributed by atoms with Crippen molar-refractivity contribution in [2.75, 3.05) is 33.9 Å². The fourth-order valence-electron chi connectivity index (χ4n) is 3.25. The van der Waals surface area contributed by atoms with E-state index in [4.69, 9.17) is 14.2 Å². The number of ether oxygens (including phenoxy) is 3. The van der Waals surface area contributed by atoms with Gasteiger partial charge in [0.05, 0.1) is 32.3 Å². The molecule has 33 heavy (non-hydrogen) atoms. The minimum Gasteiger partial charge on any atom is -0.497 e. The number of carbonyl (C=O) groups is 2. The number of carbonyl (C=O) groups excluding carboxylic acids is 2. The summed E-state index contributed by atoms with van der Waals surface area (Å²) in [6.07, 6.45) is -0.411. The molecule has 0 aromatic heterocycles. The molecule has 1 aliphatic rings. The smallest absolute Gasteiger partial charge is 0.309 e. The minimum absolute atomic E-state index is 0.0855. The lowest BCUT2D eigenvalue weighted by Gasteiger charge is -2.34. The van der Waals surface area contributed by atoms with E-state index in [-0.39, 0.29) is 24.5 Å². The number of benzene rings is 2. The van der Waals surface area contributed by atoms with Crippen molar-refractivity contribution in [2.24, 2.45) is 0 Å². The van der Waals surface area contributed by atoms with E-state index in [0.29, 0.717) is 24.5 Å². The fraction of sp³-hybridized carbons (Fsp3) is 0.364. The summed E-state index contributed by atoms with van der Waals surface area (Å²) in [4.78, 5) is 24.4. The van der Waals surface area contributed by atoms with Crippen molar-refractivity contribution >= 4 is 21.8 Å². The number of hydrogen-bond acceptors (Lipinski definition) is 7. The lowest BCUT2D eigenvalue weighted by Crippen LogP contribution is -2.53. The second-order valence-electron chi connectivity index (χ2n) is 7.21. The summed E-state index contributed by atoms with van der Waals surface area (Å²) in [7, 11) is -0.816. The van der Waals surface area contributed by atoms with Crippen LogP contribution >= 0.6 is 0 Å². The Balaban J connectivity index is 1.57. The second-order valence-corrected chi connectivity index (χ2v) is 9.10. The molecule has 178 valence electrons. The Morgan fingerprint density at radius 3 is 2.15 bits per heavy atom. The zero-order valence-electron chi connectivity index (χ0n) is 18.4. The quantitative estimate of drug-likeness (QED) is 0.541. The molecular weight excluding hydrogens is 450 g/mol. The van der Waals surface area contributed by atoms with Gasteiger partial charge in [-0.2, -0.15) is 4.31 Å². The van der Waals surface area contributed by atoms with Crippen molar-refractivity contribution < 1.29 is 32.2 Å². The first kappa shape index (κ1) is 24.5. The summed E-state index contributed by atoms with van der Waals surface area (Å²) < 4.78 is 43.1. The number of nitrogens with zero attached hydrogens (tertiary/aromatic N) is 1. The zero-order chi connectivity index (χ0) is 23.8. The van der Waals surface area contributed by atoms with Crippen molar-refractivity contribution in [3.63, 3.8) is 0 Å². The molecule has 1 heterocycles. The Bertz CT molecular complexity index is 1060. The van der Waals surface area contributed by atoms with E-state index in [2.05, 4.69) is 10.6 Å². The van der Waals surface area contributed by atoms with Gasteiger partial charge in [-0.1, -0.05) is 12.1 Å². The highest BCUT2D eigenvalue weighted by Gasteiger charge is 2.35. The van der Waals surface area contributed by atoms with E-state index in [0.717, 1.165) is 5.56 Å². The fourth-order valence-corrected chi connectivity index (χ4v) is 4.82. The number of methoxy groups -OCH3 is 2. The Morgan fingerprint density at radius 2 is 1.55 bits per heavy atom. The van der Waals surface area contributed by atoms with Crippen molar-refractivity contribution in [1.82, 2.24) is 14.9 Å². The van der Waals surface area contributed by atoms with E-state index in [1.165, 1.54) is 23.5 Å². The molecule has 1 saturated heterocycles. The maximum atomic E-state index is 13.1. The van der Waals surface area contributed by atoms with E-state index in [1.807, 2.05) is 0 Å². The summed E-state index contributed by atoms with van der Waals surface area (Å²) in [5.41, 5.74) is 0.796. The van der Waals surface area contributed by atoms with Crippen molar-refractivity contribution in [2.45, 2.75) is 24.1 Å². The van der Waals surface area contributed by atoms with Gasteiger partial charge in [-0.3, -0.25) is 9.59 Å². The summed E-state index contributed by atoms with van der Waals surface area (Å²) in [6.45, 7) is 0.579. The monoisotopic (exact) mass is 477 g/mol. The standard InChI is InChI=1S/C22H27N3O7S/c1-30-17-6-4-16(5-7-17)14-23-21(26)22(27)24-15-20-25(12-3-13-32-20)33(28,29)19-10-8-18(31-2)9-11-19/h4-11,20H,3,12-15H2,1-2H3,(H,23,26)(H,24,27). The van der Waals surface area contributed by atoms with Crippen LogP contribution in [0.1, 0.15) is 12.0 Å². The topological polar surface area (TPSA) is 123 Å². The van der Waals surface area contributed by atoms with E-state index in [9.17, 15) is 18.0 Å². The minimum atomic E-state index is -3.87. The highest BCUT2D eigenvalue weighted by Crippen LogP contribution is 2.23. The van der Waals surface area contributed by atoms with Gasteiger partial charge in [0.15, 0.2) is 0 Å². The van der Waals surface area contributed by atoms with E-state index in [1.54, 1.807) is 43.5 Å². The largest absolute Gasteiger partial charge is 0.497 e. The van der Waals surface area contributed by atoms with Gasteiger partial charge in [-0.25, -0.2) is 8.42 Å². The van der Waals surface area contributed by atoms with E-state index >= 15 is 0 Å². The SMILES string of the molecule is COc1ccc(CNC(=O)C(=O)NCC2OCCCN2S(=O)(=O)c2ccc(OC)cc2)cc1. The first-order valence-electron chi connectivity index (χ1n) is 10.3. The maximum Gasteiger partial charge on any atom is 0.309 e.